The summed E-state index contributed by atoms with van der Waals surface area (Å²) in [4.78, 5) is 45.0. The van der Waals surface area contributed by atoms with Gasteiger partial charge in [0, 0.05) is 96.0 Å². The molecule has 0 aliphatic rings. The fraction of sp³-hybridized carbons (Fsp3) is 0.500. The molecule has 0 heterocycles. The summed E-state index contributed by atoms with van der Waals surface area (Å²) < 4.78 is 0. The maximum atomic E-state index is 9.00. The van der Waals surface area contributed by atoms with E-state index in [4.69, 9.17) is 49.5 Å². The van der Waals surface area contributed by atoms with Crippen LogP contribution in [0.15, 0.2) is 0 Å². The number of hydrogen-bond donors (Lipinski definition) is 5. The largest absolute Gasteiger partial charge is 0.481 e. The van der Waals surface area contributed by atoms with E-state index in [-0.39, 0.29) is 72.3 Å². The molecule has 0 atom stereocenters. The summed E-state index contributed by atoms with van der Waals surface area (Å²) >= 11 is 0. The third kappa shape index (κ3) is 19000. The summed E-state index contributed by atoms with van der Waals surface area (Å²) in [6.45, 7) is 5.42. The zero-order valence-electron chi connectivity index (χ0n) is 14.5. The Hall–Kier alpha value is -0.743. The average molecular weight is 575 g/mol. The molecule has 0 rings (SSSR count). The van der Waals surface area contributed by atoms with Gasteiger partial charge in [0.15, 0.2) is 0 Å². The molecule has 0 aliphatic heterocycles. The summed E-state index contributed by atoms with van der Waals surface area (Å²) in [5.41, 5.74) is 0. The molecule has 15 heteroatoms. The monoisotopic (exact) mass is 571 g/mol. The second-order valence-electron chi connectivity index (χ2n) is 2.60. The van der Waals surface area contributed by atoms with E-state index >= 15 is 0 Å². The fourth-order valence-corrected chi connectivity index (χ4v) is 0. The summed E-state index contributed by atoms with van der Waals surface area (Å²) in [6.07, 6.45) is 0. The molecule has 0 saturated heterocycles. The van der Waals surface area contributed by atoms with Crippen molar-refractivity contribution in [2.45, 2.75) is 34.6 Å². The molecule has 0 fully saturated rings. The van der Waals surface area contributed by atoms with Crippen molar-refractivity contribution >= 4 is 29.8 Å². The summed E-state index contributed by atoms with van der Waals surface area (Å²) in [5.74, 6) is -4.17. The van der Waals surface area contributed by atoms with E-state index in [1.165, 1.54) is 0 Å². The van der Waals surface area contributed by atoms with E-state index in [2.05, 4.69) is 0 Å². The van der Waals surface area contributed by atoms with Crippen LogP contribution in [0.1, 0.15) is 34.6 Å². The number of carbonyl (C=O) groups is 5. The van der Waals surface area contributed by atoms with Crippen LogP contribution in [0.25, 0.3) is 0 Å². The minimum atomic E-state index is -0.833. The van der Waals surface area contributed by atoms with Crippen LogP contribution in [0, 0.1) is 0 Å². The summed E-state index contributed by atoms with van der Waals surface area (Å²) in [6, 6.07) is 0. The first kappa shape index (κ1) is 64.5. The molecule has 25 heavy (non-hydrogen) atoms. The maximum Gasteiger partial charge on any atom is 0.300 e. The Kier molecular flexibility index (Phi) is 146. The van der Waals surface area contributed by atoms with E-state index in [0.717, 1.165) is 34.6 Å². The zero-order chi connectivity index (χ0) is 17.9. The normalized spacial score (nSPS) is 5.00. The average Bonchev–Trinajstić information content (AvgIpc) is 1.94. The van der Waals surface area contributed by atoms with Gasteiger partial charge in [-0.25, -0.2) is 0 Å². The quantitative estimate of drug-likeness (QED) is 0.216. The molecule has 0 aliphatic carbocycles. The molecule has 0 aromatic heterocycles. The van der Waals surface area contributed by atoms with Gasteiger partial charge in [-0.05, 0) is 0 Å². The molecule has 0 saturated carbocycles. The molecule has 0 bridgehead atoms. The van der Waals surface area contributed by atoms with Crippen LogP contribution < -0.4 is 0 Å². The summed E-state index contributed by atoms with van der Waals surface area (Å²) in [5, 5.41) is 37.1. The number of hydrogen-bond acceptors (Lipinski definition) is 5. The first-order valence-corrected chi connectivity index (χ1v) is 4.64. The van der Waals surface area contributed by atoms with Crippen molar-refractivity contribution < 1.29 is 122 Å². The van der Waals surface area contributed by atoms with E-state index in [0.29, 0.717) is 0 Å². The third-order valence-corrected chi connectivity index (χ3v) is 0. The van der Waals surface area contributed by atoms with Gasteiger partial charge in [-0.15, -0.1) is 0 Å². The van der Waals surface area contributed by atoms with Crippen LogP contribution in [0.5, 0.6) is 0 Å². The Balaban J connectivity index is -0.0000000134. The van der Waals surface area contributed by atoms with Gasteiger partial charge in [-0.1, -0.05) is 0 Å². The number of carboxylic acid groups (broad SMARTS) is 5. The Bertz CT molecular complexity index is 223. The van der Waals surface area contributed by atoms with Gasteiger partial charge >= 0.3 is 0 Å². The molecular weight excluding hydrogens is 551 g/mol. The molecule has 12 nitrogen and oxygen atoms in total. The molecular formula is C10H24AgO12Zn2. The second kappa shape index (κ2) is 56.7. The Labute approximate surface area is 185 Å². The van der Waals surface area contributed by atoms with Crippen molar-refractivity contribution in [3.8, 4) is 0 Å². The van der Waals surface area contributed by atoms with Gasteiger partial charge < -0.3 is 36.5 Å². The number of carboxylic acids is 5. The van der Waals surface area contributed by atoms with Gasteiger partial charge in [-0.3, -0.25) is 24.0 Å². The smallest absolute Gasteiger partial charge is 0.300 e. The van der Waals surface area contributed by atoms with Crippen LogP contribution >= 0.6 is 0 Å². The molecule has 9 N–H and O–H groups in total. The zero-order valence-corrected chi connectivity index (χ0v) is 21.9. The van der Waals surface area contributed by atoms with Crippen molar-refractivity contribution in [3.63, 3.8) is 0 Å². The molecule has 151 valence electrons. The predicted octanol–water partition coefficient (Wildman–Crippen LogP) is -1.20. The standard InChI is InChI=1S/5C2H4O2.Ag.2H2O.2Zn/c5*1-2(3)4;;;;;/h5*1H3,(H,3,4);;2*1H2;;. The van der Waals surface area contributed by atoms with E-state index in [9.17, 15) is 0 Å². The Morgan fingerprint density at radius 2 is 0.440 bits per heavy atom. The first-order chi connectivity index (χ1) is 8.66. The van der Waals surface area contributed by atoms with Crippen molar-refractivity contribution in [1.29, 1.82) is 0 Å². The van der Waals surface area contributed by atoms with Gasteiger partial charge in [0.1, 0.15) is 0 Å². The van der Waals surface area contributed by atoms with Gasteiger partial charge in [0.25, 0.3) is 29.8 Å². The van der Waals surface area contributed by atoms with Gasteiger partial charge in [0.05, 0.1) is 0 Å². The molecule has 1 radical (unpaired) electrons. The van der Waals surface area contributed by atoms with Crippen molar-refractivity contribution in [3.05, 3.63) is 0 Å². The van der Waals surface area contributed by atoms with Crippen LogP contribution in [-0.2, 0) is 85.3 Å². The van der Waals surface area contributed by atoms with Crippen LogP contribution in [0.2, 0.25) is 0 Å². The number of aliphatic carboxylic acids is 5. The Morgan fingerprint density at radius 1 is 0.440 bits per heavy atom. The minimum Gasteiger partial charge on any atom is -0.481 e. The van der Waals surface area contributed by atoms with Crippen molar-refractivity contribution in [2.24, 2.45) is 0 Å². The van der Waals surface area contributed by atoms with E-state index in [1.807, 2.05) is 0 Å². The van der Waals surface area contributed by atoms with Crippen LogP contribution in [-0.4, -0.2) is 66.3 Å². The summed E-state index contributed by atoms with van der Waals surface area (Å²) in [7, 11) is 0. The second-order valence-corrected chi connectivity index (χ2v) is 2.60. The molecule has 0 amide bonds. The first-order valence-electron chi connectivity index (χ1n) is 4.64. The molecule has 0 spiro atoms. The molecule has 0 unspecified atom stereocenters. The number of rotatable bonds is 0. The van der Waals surface area contributed by atoms with Crippen molar-refractivity contribution in [1.82, 2.24) is 0 Å². The topological polar surface area (TPSA) is 249 Å². The predicted molar refractivity (Wildman–Crippen MR) is 73.8 cm³/mol. The Morgan fingerprint density at radius 3 is 0.440 bits per heavy atom. The van der Waals surface area contributed by atoms with Gasteiger partial charge in [-0.2, -0.15) is 0 Å². The SMILES string of the molecule is CC(=O)O.CC(=O)O.CC(=O)O.CC(=O)O.CC(=O)O.O.O.[Ag].[Zn].[Zn]. The molecule has 0 aromatic carbocycles. The van der Waals surface area contributed by atoms with Gasteiger partial charge in [0.2, 0.25) is 0 Å². The van der Waals surface area contributed by atoms with Crippen LogP contribution in [0.4, 0.5) is 0 Å². The van der Waals surface area contributed by atoms with Crippen molar-refractivity contribution in [2.75, 3.05) is 0 Å². The van der Waals surface area contributed by atoms with E-state index < -0.39 is 29.8 Å². The fourth-order valence-electron chi connectivity index (χ4n) is 0. The molecule has 0 aromatic rings. The third-order valence-electron chi connectivity index (χ3n) is 0. The van der Waals surface area contributed by atoms with E-state index in [1.54, 1.807) is 0 Å². The minimum absolute atomic E-state index is 0. The van der Waals surface area contributed by atoms with Crippen LogP contribution in [0.3, 0.4) is 0 Å². The maximum absolute atomic E-state index is 9.00.